The molecule has 0 bridgehead atoms. The van der Waals surface area contributed by atoms with Gasteiger partial charge in [0.1, 0.15) is 12.4 Å². The average molecular weight is 527 g/mol. The Balaban J connectivity index is 1.32. The predicted octanol–water partition coefficient (Wildman–Crippen LogP) is 5.68. The van der Waals surface area contributed by atoms with Crippen LogP contribution in [0.15, 0.2) is 73.1 Å². The van der Waals surface area contributed by atoms with Crippen LogP contribution in [0.1, 0.15) is 53.6 Å². The zero-order valence-corrected chi connectivity index (χ0v) is 23.5. The quantitative estimate of drug-likeness (QED) is 0.438. The van der Waals surface area contributed by atoms with E-state index >= 15 is 0 Å². The molecule has 2 aromatic carbocycles. The highest BCUT2D eigenvalue weighted by Gasteiger charge is 2.37. The second-order valence-electron chi connectivity index (χ2n) is 11.5. The lowest BCUT2D eigenvalue weighted by molar-refractivity contribution is 0.0361. The maximum Gasteiger partial charge on any atom is 0.253 e. The van der Waals surface area contributed by atoms with E-state index in [2.05, 4.69) is 45.1 Å². The Labute approximate surface area is 233 Å². The number of nitrogens with zero attached hydrogens (tertiary/aromatic N) is 4. The minimum absolute atomic E-state index is 0.152. The summed E-state index contributed by atoms with van der Waals surface area (Å²) in [6.45, 7) is 5.03. The van der Waals surface area contributed by atoms with Gasteiger partial charge < -0.3 is 14.5 Å². The molecule has 1 amide bonds. The van der Waals surface area contributed by atoms with Gasteiger partial charge in [0.25, 0.3) is 5.91 Å². The second kappa shape index (κ2) is 12.6. The van der Waals surface area contributed by atoms with Gasteiger partial charge in [0.2, 0.25) is 0 Å². The minimum atomic E-state index is 0.152. The van der Waals surface area contributed by atoms with E-state index in [4.69, 9.17) is 4.74 Å². The lowest BCUT2D eigenvalue weighted by Gasteiger charge is -2.45. The summed E-state index contributed by atoms with van der Waals surface area (Å²) in [5.41, 5.74) is 4.58. The van der Waals surface area contributed by atoms with Crippen LogP contribution in [0.3, 0.4) is 0 Å². The molecule has 206 valence electrons. The largest absolute Gasteiger partial charge is 0.492 e. The van der Waals surface area contributed by atoms with Gasteiger partial charge in [-0.3, -0.25) is 14.7 Å². The number of aryl methyl sites for hydroxylation is 1. The van der Waals surface area contributed by atoms with Crippen LogP contribution in [0, 0.1) is 5.41 Å². The number of benzene rings is 2. The number of pyridine rings is 1. The molecule has 0 aliphatic carbocycles. The first-order chi connectivity index (χ1) is 19.0. The second-order valence-corrected chi connectivity index (χ2v) is 11.5. The van der Waals surface area contributed by atoms with E-state index in [1.165, 1.54) is 24.0 Å². The van der Waals surface area contributed by atoms with Crippen LogP contribution < -0.4 is 9.64 Å². The number of likely N-dealkylation sites (tertiary alicyclic amines) is 1. The number of ether oxygens (including phenoxy) is 1. The molecule has 1 aromatic heterocycles. The Bertz CT molecular complexity index is 1220. The van der Waals surface area contributed by atoms with Gasteiger partial charge in [0.15, 0.2) is 0 Å². The number of carbonyl (C=O) groups is 1. The monoisotopic (exact) mass is 526 g/mol. The zero-order valence-electron chi connectivity index (χ0n) is 23.5. The molecule has 1 saturated heterocycles. The molecule has 2 aliphatic rings. The molecule has 5 rings (SSSR count). The fraction of sp³-hybridized carbons (Fsp3) is 0.455. The highest BCUT2D eigenvalue weighted by Crippen LogP contribution is 2.39. The van der Waals surface area contributed by atoms with Gasteiger partial charge >= 0.3 is 0 Å². The number of rotatable bonds is 4. The third-order valence-electron chi connectivity index (χ3n) is 8.45. The number of carbonyl (C=O) groups excluding carboxylic acids is 1. The minimum Gasteiger partial charge on any atom is -0.492 e. The molecule has 3 aromatic rings. The highest BCUT2D eigenvalue weighted by atomic mass is 16.5. The number of piperidine rings is 1. The van der Waals surface area contributed by atoms with E-state index in [1.54, 1.807) is 0 Å². The van der Waals surface area contributed by atoms with Crippen molar-refractivity contribution in [3.8, 4) is 5.75 Å². The number of hydrogen-bond acceptors (Lipinski definition) is 5. The van der Waals surface area contributed by atoms with Crippen LogP contribution in [0.5, 0.6) is 5.75 Å². The lowest BCUT2D eigenvalue weighted by atomic mass is 9.73. The Kier molecular flexibility index (Phi) is 8.82. The molecule has 39 heavy (non-hydrogen) atoms. The first-order valence-electron chi connectivity index (χ1n) is 14.4. The van der Waals surface area contributed by atoms with Crippen molar-refractivity contribution >= 4 is 11.6 Å². The fourth-order valence-corrected chi connectivity index (χ4v) is 6.16. The highest BCUT2D eigenvalue weighted by molar-refractivity contribution is 5.95. The van der Waals surface area contributed by atoms with Crippen LogP contribution in [0.2, 0.25) is 0 Å². The molecule has 0 radical (unpaired) electrons. The third-order valence-corrected chi connectivity index (χ3v) is 8.45. The molecule has 2 aliphatic heterocycles. The van der Waals surface area contributed by atoms with Crippen molar-refractivity contribution in [3.63, 3.8) is 0 Å². The first-order valence-corrected chi connectivity index (χ1v) is 14.4. The van der Waals surface area contributed by atoms with E-state index < -0.39 is 0 Å². The number of hydrogen-bond donors (Lipinski definition) is 0. The molecule has 0 atom stereocenters. The molecule has 0 unspecified atom stereocenters. The van der Waals surface area contributed by atoms with Crippen LogP contribution >= 0.6 is 0 Å². The van der Waals surface area contributed by atoms with Crippen molar-refractivity contribution in [2.75, 3.05) is 51.8 Å². The van der Waals surface area contributed by atoms with E-state index in [-0.39, 0.29) is 11.3 Å². The van der Waals surface area contributed by atoms with Crippen molar-refractivity contribution < 1.29 is 9.53 Å². The normalized spacial score (nSPS) is 18.4. The summed E-state index contributed by atoms with van der Waals surface area (Å²) in [5, 5.41) is 0. The Morgan fingerprint density at radius 2 is 1.82 bits per heavy atom. The fourth-order valence-electron chi connectivity index (χ4n) is 6.16. The van der Waals surface area contributed by atoms with Gasteiger partial charge in [0.05, 0.1) is 0 Å². The van der Waals surface area contributed by atoms with Crippen LogP contribution in [0.4, 0.5) is 5.69 Å². The van der Waals surface area contributed by atoms with Crippen molar-refractivity contribution in [1.29, 1.82) is 0 Å². The molecule has 0 saturated carbocycles. The number of fused-ring (bicyclic) bond motifs is 1. The zero-order chi connectivity index (χ0) is 27.1. The van der Waals surface area contributed by atoms with Crippen molar-refractivity contribution in [3.05, 3.63) is 89.7 Å². The van der Waals surface area contributed by atoms with Crippen molar-refractivity contribution in [2.24, 2.45) is 5.41 Å². The Morgan fingerprint density at radius 1 is 0.974 bits per heavy atom. The summed E-state index contributed by atoms with van der Waals surface area (Å²) in [6.07, 6.45) is 10.5. The molecular formula is C33H42N4O2. The van der Waals surface area contributed by atoms with E-state index in [0.29, 0.717) is 6.61 Å². The standard InChI is InChI=1S/C33H42N4O2/c1-35(2)30-13-7-12-29(23-30)32(38)37-19-16-33(17-20-37)15-6-5-11-28-10-3-4-14-31(28)39-22-21-36(26-33)25-27-9-8-18-34-24-27/h3-4,7-10,12-14,18,23-24H,5-6,11,15-17,19-22,25-26H2,1-2H3. The van der Waals surface area contributed by atoms with E-state index in [9.17, 15) is 4.79 Å². The molecule has 3 heterocycles. The van der Waals surface area contributed by atoms with Gasteiger partial charge in [-0.1, -0.05) is 36.8 Å². The Hall–Kier alpha value is -3.38. The maximum absolute atomic E-state index is 13.4. The molecule has 1 spiro atoms. The van der Waals surface area contributed by atoms with E-state index in [0.717, 1.165) is 75.4 Å². The lowest BCUT2D eigenvalue weighted by Crippen LogP contribution is -2.48. The van der Waals surface area contributed by atoms with Gasteiger partial charge in [0, 0.05) is 70.5 Å². The Morgan fingerprint density at radius 3 is 2.62 bits per heavy atom. The molecule has 0 N–H and O–H groups in total. The summed E-state index contributed by atoms with van der Waals surface area (Å²) < 4.78 is 6.31. The smallest absolute Gasteiger partial charge is 0.253 e. The first kappa shape index (κ1) is 27.2. The molecule has 6 heteroatoms. The summed E-state index contributed by atoms with van der Waals surface area (Å²) in [6, 6.07) is 20.7. The summed E-state index contributed by atoms with van der Waals surface area (Å²) in [7, 11) is 4.03. The topological polar surface area (TPSA) is 48.9 Å². The molecule has 1 fully saturated rings. The summed E-state index contributed by atoms with van der Waals surface area (Å²) in [4.78, 5) is 24.5. The van der Waals surface area contributed by atoms with Crippen molar-refractivity contribution in [2.45, 2.75) is 45.1 Å². The number of anilines is 1. The number of para-hydroxylation sites is 1. The third kappa shape index (κ3) is 6.99. The van der Waals surface area contributed by atoms with Crippen LogP contribution in [-0.4, -0.2) is 67.6 Å². The van der Waals surface area contributed by atoms with Crippen LogP contribution in [-0.2, 0) is 13.0 Å². The number of aromatic nitrogens is 1. The molecule has 6 nitrogen and oxygen atoms in total. The number of amides is 1. The van der Waals surface area contributed by atoms with Crippen LogP contribution in [0.25, 0.3) is 0 Å². The van der Waals surface area contributed by atoms with Crippen molar-refractivity contribution in [1.82, 2.24) is 14.8 Å². The van der Waals surface area contributed by atoms with E-state index in [1.807, 2.05) is 61.7 Å². The molecular weight excluding hydrogens is 484 g/mol. The van der Waals surface area contributed by atoms with Gasteiger partial charge in [-0.15, -0.1) is 0 Å². The SMILES string of the molecule is CN(C)c1cccc(C(=O)N2CCC3(CCCCc4ccccc4OCCN(Cc4cccnc4)C3)CC2)c1. The average Bonchev–Trinajstić information content (AvgIpc) is 2.96. The summed E-state index contributed by atoms with van der Waals surface area (Å²) >= 11 is 0. The van der Waals surface area contributed by atoms with Gasteiger partial charge in [-0.2, -0.15) is 0 Å². The predicted molar refractivity (Wildman–Crippen MR) is 157 cm³/mol. The summed E-state index contributed by atoms with van der Waals surface area (Å²) in [5.74, 6) is 1.18. The van der Waals surface area contributed by atoms with Gasteiger partial charge in [-0.25, -0.2) is 0 Å². The van der Waals surface area contributed by atoms with Gasteiger partial charge in [-0.05, 0) is 79.0 Å². The maximum atomic E-state index is 13.4.